The number of thioether (sulfide) groups is 1. The van der Waals surface area contributed by atoms with Gasteiger partial charge in [-0.05, 0) is 62.1 Å². The van der Waals surface area contributed by atoms with Crippen molar-refractivity contribution in [1.82, 2.24) is 19.5 Å². The van der Waals surface area contributed by atoms with E-state index in [0.717, 1.165) is 43.2 Å². The molecule has 3 heterocycles. The fraction of sp³-hybridized carbons (Fsp3) is 0.409. The minimum absolute atomic E-state index is 0.245. The zero-order valence-electron chi connectivity index (χ0n) is 16.5. The molecular weight excluding hydrogens is 368 g/mol. The average Bonchev–Trinajstić information content (AvgIpc) is 3.15. The lowest BCUT2D eigenvalue weighted by atomic mass is 9.97. The van der Waals surface area contributed by atoms with E-state index < -0.39 is 0 Å². The van der Waals surface area contributed by atoms with Gasteiger partial charge in [-0.2, -0.15) is 0 Å². The molecule has 1 saturated heterocycles. The number of likely N-dealkylation sites (tertiary alicyclic amines) is 1. The highest BCUT2D eigenvalue weighted by Crippen LogP contribution is 2.27. The Labute approximate surface area is 170 Å². The summed E-state index contributed by atoms with van der Waals surface area (Å²) in [7, 11) is 0. The van der Waals surface area contributed by atoms with Gasteiger partial charge in [0.15, 0.2) is 5.65 Å². The number of rotatable bonds is 5. The quantitative estimate of drug-likeness (QED) is 0.608. The number of fused-ring (bicyclic) bond motifs is 1. The number of carbonyl (C=O) groups excluding carboxylic acids is 1. The van der Waals surface area contributed by atoms with Crippen LogP contribution < -0.4 is 0 Å². The van der Waals surface area contributed by atoms with E-state index in [2.05, 4.69) is 42.2 Å². The first-order chi connectivity index (χ1) is 13.6. The van der Waals surface area contributed by atoms with Crippen molar-refractivity contribution >= 4 is 23.3 Å². The number of carbonyl (C=O) groups is 1. The van der Waals surface area contributed by atoms with Crippen molar-refractivity contribution in [2.75, 3.05) is 18.8 Å². The zero-order chi connectivity index (χ0) is 19.5. The van der Waals surface area contributed by atoms with Crippen LogP contribution >= 0.6 is 11.8 Å². The molecule has 3 aromatic rings. The predicted molar refractivity (Wildman–Crippen MR) is 113 cm³/mol. The zero-order valence-corrected chi connectivity index (χ0v) is 17.3. The van der Waals surface area contributed by atoms with Gasteiger partial charge in [-0.25, -0.2) is 0 Å². The van der Waals surface area contributed by atoms with E-state index in [4.69, 9.17) is 0 Å². The normalized spacial score (nSPS) is 17.2. The van der Waals surface area contributed by atoms with E-state index in [1.54, 1.807) is 11.8 Å². The molecule has 6 heteroatoms. The second-order valence-electron chi connectivity index (χ2n) is 7.51. The van der Waals surface area contributed by atoms with Crippen LogP contribution in [0.3, 0.4) is 0 Å². The summed E-state index contributed by atoms with van der Waals surface area (Å²) in [4.78, 5) is 16.0. The van der Waals surface area contributed by atoms with Crippen LogP contribution in [0, 0.1) is 13.8 Å². The van der Waals surface area contributed by atoms with Crippen LogP contribution in [0.1, 0.15) is 42.1 Å². The van der Waals surface area contributed by atoms with Gasteiger partial charge in [0, 0.05) is 42.3 Å². The van der Waals surface area contributed by atoms with E-state index in [1.807, 2.05) is 33.7 Å². The number of amides is 1. The van der Waals surface area contributed by atoms with Crippen LogP contribution in [0.25, 0.3) is 5.65 Å². The van der Waals surface area contributed by atoms with Crippen molar-refractivity contribution in [3.8, 4) is 0 Å². The third-order valence-electron chi connectivity index (χ3n) is 5.54. The first-order valence-electron chi connectivity index (χ1n) is 9.89. The number of aromatic nitrogens is 3. The monoisotopic (exact) mass is 394 g/mol. The SMILES string of the molecule is Cc1ccc(SCCC(=O)N2CCC[C@@H](c3nnc4ccccn34)C2)cc1C. The summed E-state index contributed by atoms with van der Waals surface area (Å²) in [6.45, 7) is 5.84. The van der Waals surface area contributed by atoms with Crippen LogP contribution in [0.4, 0.5) is 0 Å². The Kier molecular flexibility index (Phi) is 5.67. The fourth-order valence-electron chi connectivity index (χ4n) is 3.77. The van der Waals surface area contributed by atoms with Crippen LogP contribution in [-0.4, -0.2) is 44.2 Å². The number of hydrogen-bond donors (Lipinski definition) is 0. The molecule has 146 valence electrons. The maximum Gasteiger partial charge on any atom is 0.223 e. The van der Waals surface area contributed by atoms with Crippen LogP contribution in [0.15, 0.2) is 47.5 Å². The Balaban J connectivity index is 1.35. The van der Waals surface area contributed by atoms with Gasteiger partial charge in [0.05, 0.1) is 0 Å². The summed E-state index contributed by atoms with van der Waals surface area (Å²) in [5.74, 6) is 2.28. The molecule has 1 fully saturated rings. The Hall–Kier alpha value is -2.34. The molecule has 0 N–H and O–H groups in total. The van der Waals surface area contributed by atoms with Gasteiger partial charge >= 0.3 is 0 Å². The van der Waals surface area contributed by atoms with E-state index in [0.29, 0.717) is 6.42 Å². The molecule has 1 aromatic carbocycles. The summed E-state index contributed by atoms with van der Waals surface area (Å²) in [5.41, 5.74) is 3.47. The second kappa shape index (κ2) is 8.35. The molecule has 28 heavy (non-hydrogen) atoms. The average molecular weight is 395 g/mol. The number of aryl methyl sites for hydroxylation is 2. The summed E-state index contributed by atoms with van der Waals surface area (Å²) >= 11 is 1.76. The van der Waals surface area contributed by atoms with Crippen molar-refractivity contribution in [2.24, 2.45) is 0 Å². The summed E-state index contributed by atoms with van der Waals surface area (Å²) in [6.07, 6.45) is 4.65. The number of nitrogens with zero attached hydrogens (tertiary/aromatic N) is 4. The molecule has 0 saturated carbocycles. The minimum Gasteiger partial charge on any atom is -0.342 e. The third-order valence-corrected chi connectivity index (χ3v) is 6.54. The smallest absolute Gasteiger partial charge is 0.223 e. The number of benzene rings is 1. The van der Waals surface area contributed by atoms with Gasteiger partial charge in [-0.15, -0.1) is 22.0 Å². The molecule has 1 atom stereocenters. The lowest BCUT2D eigenvalue weighted by molar-refractivity contribution is -0.132. The molecule has 0 spiro atoms. The first-order valence-corrected chi connectivity index (χ1v) is 10.9. The molecule has 5 nitrogen and oxygen atoms in total. The fourth-order valence-corrected chi connectivity index (χ4v) is 4.71. The van der Waals surface area contributed by atoms with Gasteiger partial charge in [0.1, 0.15) is 5.82 Å². The van der Waals surface area contributed by atoms with Gasteiger partial charge in [0.25, 0.3) is 0 Å². The molecule has 2 aromatic heterocycles. The Bertz CT molecular complexity index is 984. The molecule has 0 bridgehead atoms. The molecule has 0 radical (unpaired) electrons. The van der Waals surface area contributed by atoms with Gasteiger partial charge < -0.3 is 4.90 Å². The number of pyridine rings is 1. The molecule has 1 amide bonds. The first kappa shape index (κ1) is 19.0. The highest BCUT2D eigenvalue weighted by Gasteiger charge is 2.27. The van der Waals surface area contributed by atoms with E-state index in [9.17, 15) is 4.79 Å². The van der Waals surface area contributed by atoms with Crippen LogP contribution in [0.5, 0.6) is 0 Å². The van der Waals surface area contributed by atoms with Crippen molar-refractivity contribution in [3.63, 3.8) is 0 Å². The third kappa shape index (κ3) is 4.07. The highest BCUT2D eigenvalue weighted by atomic mass is 32.2. The molecular formula is C22H26N4OS. The minimum atomic E-state index is 0.245. The lowest BCUT2D eigenvalue weighted by Gasteiger charge is -2.32. The molecule has 1 aliphatic rings. The lowest BCUT2D eigenvalue weighted by Crippen LogP contribution is -2.39. The largest absolute Gasteiger partial charge is 0.342 e. The molecule has 4 rings (SSSR count). The van der Waals surface area contributed by atoms with E-state index in [1.165, 1.54) is 16.0 Å². The second-order valence-corrected chi connectivity index (χ2v) is 8.68. The van der Waals surface area contributed by atoms with E-state index in [-0.39, 0.29) is 11.8 Å². The number of piperidine rings is 1. The Morgan fingerprint density at radius 2 is 2.07 bits per heavy atom. The standard InChI is InChI=1S/C22H26N4OS/c1-16-8-9-19(14-17(16)2)28-13-10-21(27)25-11-5-6-18(15-25)22-24-23-20-7-3-4-12-26(20)22/h3-4,7-9,12,14,18H,5-6,10-11,13,15H2,1-2H3/t18-/m1/s1. The predicted octanol–water partition coefficient (Wildman–Crippen LogP) is 4.23. The molecule has 1 aliphatic heterocycles. The Morgan fingerprint density at radius 1 is 1.18 bits per heavy atom. The Morgan fingerprint density at radius 3 is 2.93 bits per heavy atom. The van der Waals surface area contributed by atoms with Crippen molar-refractivity contribution in [1.29, 1.82) is 0 Å². The highest BCUT2D eigenvalue weighted by molar-refractivity contribution is 7.99. The van der Waals surface area contributed by atoms with Gasteiger partial charge in [0.2, 0.25) is 5.91 Å². The summed E-state index contributed by atoms with van der Waals surface area (Å²) in [5, 5.41) is 8.67. The molecule has 0 unspecified atom stereocenters. The topological polar surface area (TPSA) is 50.5 Å². The summed E-state index contributed by atoms with van der Waals surface area (Å²) < 4.78 is 2.05. The molecule has 0 aliphatic carbocycles. The van der Waals surface area contributed by atoms with Crippen LogP contribution in [-0.2, 0) is 4.79 Å². The maximum atomic E-state index is 12.8. The van der Waals surface area contributed by atoms with E-state index >= 15 is 0 Å². The summed E-state index contributed by atoms with van der Waals surface area (Å²) in [6, 6.07) is 12.4. The maximum absolute atomic E-state index is 12.8. The van der Waals surface area contributed by atoms with Gasteiger partial charge in [-0.3, -0.25) is 9.20 Å². The van der Waals surface area contributed by atoms with Gasteiger partial charge in [-0.1, -0.05) is 12.1 Å². The van der Waals surface area contributed by atoms with Crippen LogP contribution in [0.2, 0.25) is 0 Å². The number of hydrogen-bond acceptors (Lipinski definition) is 4. The van der Waals surface area contributed by atoms with Crippen molar-refractivity contribution < 1.29 is 4.79 Å². The van der Waals surface area contributed by atoms with Crippen molar-refractivity contribution in [3.05, 3.63) is 59.5 Å². The van der Waals surface area contributed by atoms with Crippen molar-refractivity contribution in [2.45, 2.75) is 43.9 Å².